The van der Waals surface area contributed by atoms with Crippen molar-refractivity contribution in [3.63, 3.8) is 0 Å². The van der Waals surface area contributed by atoms with Gasteiger partial charge in [-0.2, -0.15) is 0 Å². The molecule has 3 rings (SSSR count). The summed E-state index contributed by atoms with van der Waals surface area (Å²) in [4.78, 5) is 16.6. The van der Waals surface area contributed by atoms with E-state index in [9.17, 15) is 4.79 Å². The molecule has 1 aliphatic rings. The molecule has 4 heteroatoms. The van der Waals surface area contributed by atoms with Gasteiger partial charge in [0, 0.05) is 32.7 Å². The van der Waals surface area contributed by atoms with Gasteiger partial charge >= 0.3 is 0 Å². The van der Waals surface area contributed by atoms with Gasteiger partial charge in [-0.05, 0) is 17.5 Å². The first-order valence-corrected chi connectivity index (χ1v) is 8.56. The highest BCUT2D eigenvalue weighted by atomic mass is 16.1. The van der Waals surface area contributed by atoms with Crippen molar-refractivity contribution in [2.45, 2.75) is 19.0 Å². The Morgan fingerprint density at radius 2 is 1.42 bits per heavy atom. The minimum absolute atomic E-state index is 0.216. The van der Waals surface area contributed by atoms with Gasteiger partial charge in [0.2, 0.25) is 5.91 Å². The van der Waals surface area contributed by atoms with Crippen LogP contribution in [0.3, 0.4) is 0 Å². The molecule has 0 spiro atoms. The molecule has 1 atom stereocenters. The third-order valence-corrected chi connectivity index (χ3v) is 4.70. The molecule has 126 valence electrons. The van der Waals surface area contributed by atoms with E-state index in [-0.39, 0.29) is 11.9 Å². The van der Waals surface area contributed by atoms with Crippen molar-refractivity contribution in [2.24, 2.45) is 5.73 Å². The number of rotatable bonds is 6. The average Bonchev–Trinajstić information content (AvgIpc) is 2.62. The van der Waals surface area contributed by atoms with E-state index in [0.717, 1.165) is 38.3 Å². The second-order valence-corrected chi connectivity index (χ2v) is 6.41. The summed E-state index contributed by atoms with van der Waals surface area (Å²) in [5.41, 5.74) is 8.17. The number of nitrogens with two attached hydrogens (primary N) is 1. The Kier molecular flexibility index (Phi) is 5.62. The van der Waals surface area contributed by atoms with Gasteiger partial charge in [-0.3, -0.25) is 14.6 Å². The second kappa shape index (κ2) is 8.08. The molecule has 1 heterocycles. The van der Waals surface area contributed by atoms with Crippen LogP contribution in [0, 0.1) is 0 Å². The lowest BCUT2D eigenvalue weighted by molar-refractivity contribution is -0.124. The highest BCUT2D eigenvalue weighted by Crippen LogP contribution is 2.14. The maximum atomic E-state index is 11.9. The molecular formula is C20H25N3O. The standard InChI is InChI=1S/C20H25N3O/c21-20(24)19(15-17-7-3-1-4-8-17)23-13-11-22(12-14-23)16-18-9-5-2-6-10-18/h1-10,19H,11-16H2,(H2,21,24). The molecule has 2 N–H and O–H groups in total. The van der Waals surface area contributed by atoms with Crippen LogP contribution in [0.4, 0.5) is 0 Å². The molecule has 4 nitrogen and oxygen atoms in total. The van der Waals surface area contributed by atoms with Crippen LogP contribution in [0.5, 0.6) is 0 Å². The third-order valence-electron chi connectivity index (χ3n) is 4.70. The second-order valence-electron chi connectivity index (χ2n) is 6.41. The Morgan fingerprint density at radius 1 is 0.875 bits per heavy atom. The first kappa shape index (κ1) is 16.7. The fraction of sp³-hybridized carbons (Fsp3) is 0.350. The zero-order chi connectivity index (χ0) is 16.8. The molecular weight excluding hydrogens is 298 g/mol. The van der Waals surface area contributed by atoms with Crippen LogP contribution in [-0.2, 0) is 17.8 Å². The predicted octanol–water partition coefficient (Wildman–Crippen LogP) is 1.90. The molecule has 24 heavy (non-hydrogen) atoms. The summed E-state index contributed by atoms with van der Waals surface area (Å²) in [5.74, 6) is -0.227. The van der Waals surface area contributed by atoms with Gasteiger partial charge in [0.25, 0.3) is 0 Å². The summed E-state index contributed by atoms with van der Waals surface area (Å²) >= 11 is 0. The van der Waals surface area contributed by atoms with E-state index < -0.39 is 0 Å². The van der Waals surface area contributed by atoms with Gasteiger partial charge in [0.15, 0.2) is 0 Å². The lowest BCUT2D eigenvalue weighted by Crippen LogP contribution is -2.54. The molecule has 1 aliphatic heterocycles. The van der Waals surface area contributed by atoms with Gasteiger partial charge in [0.05, 0.1) is 6.04 Å². The molecule has 0 saturated carbocycles. The van der Waals surface area contributed by atoms with Crippen molar-refractivity contribution >= 4 is 5.91 Å². The molecule has 0 bridgehead atoms. The minimum Gasteiger partial charge on any atom is -0.368 e. The van der Waals surface area contributed by atoms with Gasteiger partial charge in [-0.15, -0.1) is 0 Å². The quantitative estimate of drug-likeness (QED) is 0.883. The largest absolute Gasteiger partial charge is 0.368 e. The van der Waals surface area contributed by atoms with Crippen LogP contribution in [0.25, 0.3) is 0 Å². The number of hydrogen-bond acceptors (Lipinski definition) is 3. The van der Waals surface area contributed by atoms with E-state index in [1.165, 1.54) is 5.56 Å². The minimum atomic E-state index is -0.227. The molecule has 1 amide bonds. The Balaban J connectivity index is 1.56. The normalized spacial score (nSPS) is 17.5. The van der Waals surface area contributed by atoms with Gasteiger partial charge in [-0.1, -0.05) is 60.7 Å². The molecule has 0 aliphatic carbocycles. The average molecular weight is 323 g/mol. The number of piperazine rings is 1. The maximum absolute atomic E-state index is 11.9. The first-order chi connectivity index (χ1) is 11.7. The number of benzene rings is 2. The zero-order valence-corrected chi connectivity index (χ0v) is 14.0. The Morgan fingerprint density at radius 3 is 1.96 bits per heavy atom. The van der Waals surface area contributed by atoms with E-state index in [2.05, 4.69) is 46.2 Å². The zero-order valence-electron chi connectivity index (χ0n) is 14.0. The highest BCUT2D eigenvalue weighted by Gasteiger charge is 2.27. The number of carbonyl (C=O) groups excluding carboxylic acids is 1. The number of nitrogens with zero attached hydrogens (tertiary/aromatic N) is 2. The van der Waals surface area contributed by atoms with Crippen molar-refractivity contribution in [2.75, 3.05) is 26.2 Å². The van der Waals surface area contributed by atoms with Gasteiger partial charge in [-0.25, -0.2) is 0 Å². The summed E-state index contributed by atoms with van der Waals surface area (Å²) in [6, 6.07) is 20.4. The van der Waals surface area contributed by atoms with Crippen LogP contribution < -0.4 is 5.73 Å². The Bertz CT molecular complexity index is 636. The molecule has 0 radical (unpaired) electrons. The van der Waals surface area contributed by atoms with E-state index >= 15 is 0 Å². The smallest absolute Gasteiger partial charge is 0.235 e. The van der Waals surface area contributed by atoms with E-state index in [0.29, 0.717) is 6.42 Å². The molecule has 1 fully saturated rings. The number of hydrogen-bond donors (Lipinski definition) is 1. The first-order valence-electron chi connectivity index (χ1n) is 8.56. The molecule has 1 unspecified atom stereocenters. The van der Waals surface area contributed by atoms with Crippen molar-refractivity contribution < 1.29 is 4.79 Å². The van der Waals surface area contributed by atoms with Crippen LogP contribution in [0.15, 0.2) is 60.7 Å². The lowest BCUT2D eigenvalue weighted by atomic mass is 10.0. The van der Waals surface area contributed by atoms with E-state index in [1.807, 2.05) is 24.3 Å². The SMILES string of the molecule is NC(=O)C(Cc1ccccc1)N1CCN(Cc2ccccc2)CC1. The monoisotopic (exact) mass is 323 g/mol. The van der Waals surface area contributed by atoms with Crippen molar-refractivity contribution in [3.8, 4) is 0 Å². The number of primary amides is 1. The summed E-state index contributed by atoms with van der Waals surface area (Å²) in [7, 11) is 0. The summed E-state index contributed by atoms with van der Waals surface area (Å²) in [6.45, 7) is 4.66. The third kappa shape index (κ3) is 4.43. The Labute approximate surface area is 143 Å². The van der Waals surface area contributed by atoms with Gasteiger partial charge in [0.1, 0.15) is 0 Å². The summed E-state index contributed by atoms with van der Waals surface area (Å²) in [6.07, 6.45) is 0.689. The fourth-order valence-corrected chi connectivity index (χ4v) is 3.32. The lowest BCUT2D eigenvalue weighted by Gasteiger charge is -2.38. The van der Waals surface area contributed by atoms with Gasteiger partial charge < -0.3 is 5.73 Å². The molecule has 1 saturated heterocycles. The maximum Gasteiger partial charge on any atom is 0.235 e. The molecule has 2 aromatic rings. The van der Waals surface area contributed by atoms with Crippen LogP contribution in [0.1, 0.15) is 11.1 Å². The summed E-state index contributed by atoms with van der Waals surface area (Å²) < 4.78 is 0. The Hall–Kier alpha value is -2.17. The molecule has 0 aromatic heterocycles. The van der Waals surface area contributed by atoms with Crippen LogP contribution >= 0.6 is 0 Å². The highest BCUT2D eigenvalue weighted by molar-refractivity contribution is 5.80. The molecule has 2 aromatic carbocycles. The van der Waals surface area contributed by atoms with Crippen molar-refractivity contribution in [1.29, 1.82) is 0 Å². The summed E-state index contributed by atoms with van der Waals surface area (Å²) in [5, 5.41) is 0. The number of amides is 1. The van der Waals surface area contributed by atoms with Crippen molar-refractivity contribution in [1.82, 2.24) is 9.80 Å². The van der Waals surface area contributed by atoms with Crippen LogP contribution in [0.2, 0.25) is 0 Å². The fourth-order valence-electron chi connectivity index (χ4n) is 3.32. The van der Waals surface area contributed by atoms with E-state index in [4.69, 9.17) is 5.73 Å². The van der Waals surface area contributed by atoms with Crippen LogP contribution in [-0.4, -0.2) is 47.9 Å². The van der Waals surface area contributed by atoms with E-state index in [1.54, 1.807) is 0 Å². The topological polar surface area (TPSA) is 49.6 Å². The predicted molar refractivity (Wildman–Crippen MR) is 96.4 cm³/mol. The van der Waals surface area contributed by atoms with Crippen molar-refractivity contribution in [3.05, 3.63) is 71.8 Å². The number of carbonyl (C=O) groups is 1.